The van der Waals surface area contributed by atoms with Gasteiger partial charge in [-0.15, -0.1) is 0 Å². The molecule has 2 aliphatic rings. The van der Waals surface area contributed by atoms with Gasteiger partial charge >= 0.3 is 0 Å². The van der Waals surface area contributed by atoms with Gasteiger partial charge in [0, 0.05) is 32.3 Å². The summed E-state index contributed by atoms with van der Waals surface area (Å²) in [5, 5.41) is 11.9. The number of likely N-dealkylation sites (N-methyl/N-ethyl adjacent to an activating group) is 1. The van der Waals surface area contributed by atoms with Crippen LogP contribution < -0.4 is 10.2 Å². The highest BCUT2D eigenvalue weighted by atomic mass is 19.1. The summed E-state index contributed by atoms with van der Waals surface area (Å²) in [6.07, 6.45) is 1.18. The lowest BCUT2D eigenvalue weighted by Crippen LogP contribution is -2.45. The quantitative estimate of drug-likeness (QED) is 0.742. The fourth-order valence-corrected chi connectivity index (χ4v) is 3.02. The van der Waals surface area contributed by atoms with E-state index >= 15 is 0 Å². The zero-order valence-corrected chi connectivity index (χ0v) is 14.0. The number of aliphatic hydroxyl groups is 1. The summed E-state index contributed by atoms with van der Waals surface area (Å²) in [7, 11) is 2.02. The van der Waals surface area contributed by atoms with Crippen LogP contribution in [0.1, 0.15) is 0 Å². The SMILES string of the molecule is CN1CCN(c2c(F)cccc2NC2=CC(=O)N(CCO)C2=O)CC1. The summed E-state index contributed by atoms with van der Waals surface area (Å²) in [5.74, 6) is -1.38. The Labute approximate surface area is 145 Å². The van der Waals surface area contributed by atoms with Crippen LogP contribution >= 0.6 is 0 Å². The van der Waals surface area contributed by atoms with Gasteiger partial charge in [-0.1, -0.05) is 6.07 Å². The van der Waals surface area contributed by atoms with Crippen LogP contribution in [-0.4, -0.2) is 73.1 Å². The molecule has 1 aromatic rings. The number of rotatable bonds is 5. The van der Waals surface area contributed by atoms with E-state index in [0.717, 1.165) is 18.0 Å². The van der Waals surface area contributed by atoms with Crippen LogP contribution in [0.25, 0.3) is 0 Å². The Morgan fingerprint density at radius 1 is 1.20 bits per heavy atom. The highest BCUT2D eigenvalue weighted by Crippen LogP contribution is 2.31. The average molecular weight is 348 g/mol. The van der Waals surface area contributed by atoms with Crippen LogP contribution in [0.3, 0.4) is 0 Å². The van der Waals surface area contributed by atoms with Gasteiger partial charge in [0.25, 0.3) is 11.8 Å². The van der Waals surface area contributed by atoms with Gasteiger partial charge in [0.2, 0.25) is 0 Å². The minimum atomic E-state index is -0.521. The normalized spacial score (nSPS) is 18.8. The molecule has 134 valence electrons. The summed E-state index contributed by atoms with van der Waals surface area (Å²) >= 11 is 0. The van der Waals surface area contributed by atoms with Crippen molar-refractivity contribution in [2.75, 3.05) is 56.6 Å². The zero-order valence-electron chi connectivity index (χ0n) is 14.0. The molecule has 3 rings (SSSR count). The molecule has 0 bridgehead atoms. The monoisotopic (exact) mass is 348 g/mol. The second-order valence-electron chi connectivity index (χ2n) is 6.13. The second-order valence-corrected chi connectivity index (χ2v) is 6.13. The van der Waals surface area contributed by atoms with Crippen molar-refractivity contribution in [1.82, 2.24) is 9.80 Å². The maximum atomic E-state index is 14.5. The highest BCUT2D eigenvalue weighted by Gasteiger charge is 2.31. The molecular formula is C17H21FN4O3. The first-order valence-corrected chi connectivity index (χ1v) is 8.18. The molecule has 1 saturated heterocycles. The van der Waals surface area contributed by atoms with E-state index in [1.54, 1.807) is 12.1 Å². The fraction of sp³-hybridized carbons (Fsp3) is 0.412. The van der Waals surface area contributed by atoms with Gasteiger partial charge in [-0.3, -0.25) is 14.5 Å². The van der Waals surface area contributed by atoms with Crippen molar-refractivity contribution in [3.05, 3.63) is 35.8 Å². The molecule has 0 aromatic heterocycles. The van der Waals surface area contributed by atoms with Gasteiger partial charge in [0.05, 0.1) is 24.5 Å². The van der Waals surface area contributed by atoms with Crippen molar-refractivity contribution >= 4 is 23.2 Å². The van der Waals surface area contributed by atoms with Crippen molar-refractivity contribution < 1.29 is 19.1 Å². The largest absolute Gasteiger partial charge is 0.395 e. The van der Waals surface area contributed by atoms with Gasteiger partial charge < -0.3 is 20.2 Å². The lowest BCUT2D eigenvalue weighted by molar-refractivity contribution is -0.137. The number of hydrogen-bond donors (Lipinski definition) is 2. The molecule has 0 atom stereocenters. The number of β-amino-alcohol motifs (C(OH)–C–C–N with tert-alkyl or cyclic N) is 1. The minimum absolute atomic E-state index is 0.0617. The molecule has 2 N–H and O–H groups in total. The number of amides is 2. The number of aliphatic hydroxyl groups excluding tert-OH is 1. The smallest absolute Gasteiger partial charge is 0.277 e. The van der Waals surface area contributed by atoms with Gasteiger partial charge in [-0.25, -0.2) is 4.39 Å². The van der Waals surface area contributed by atoms with Crippen molar-refractivity contribution in [2.45, 2.75) is 0 Å². The maximum Gasteiger partial charge on any atom is 0.277 e. The van der Waals surface area contributed by atoms with E-state index < -0.39 is 11.8 Å². The number of nitrogens with zero attached hydrogens (tertiary/aromatic N) is 3. The summed E-state index contributed by atoms with van der Waals surface area (Å²) in [5.41, 5.74) is 0.930. The summed E-state index contributed by atoms with van der Waals surface area (Å²) in [4.78, 5) is 29.2. The van der Waals surface area contributed by atoms with Gasteiger partial charge in [-0.05, 0) is 19.2 Å². The van der Waals surface area contributed by atoms with Crippen LogP contribution in [0.2, 0.25) is 0 Å². The van der Waals surface area contributed by atoms with Crippen molar-refractivity contribution in [2.24, 2.45) is 0 Å². The molecule has 0 spiro atoms. The summed E-state index contributed by atoms with van der Waals surface area (Å²) in [6, 6.07) is 4.63. The van der Waals surface area contributed by atoms with E-state index in [1.165, 1.54) is 12.1 Å². The average Bonchev–Trinajstić information content (AvgIpc) is 2.84. The van der Waals surface area contributed by atoms with Crippen LogP contribution in [-0.2, 0) is 9.59 Å². The number of carbonyl (C=O) groups excluding carboxylic acids is 2. The van der Waals surface area contributed by atoms with E-state index in [4.69, 9.17) is 5.11 Å². The first kappa shape index (κ1) is 17.4. The molecular weight excluding hydrogens is 327 g/mol. The van der Waals surface area contributed by atoms with E-state index in [0.29, 0.717) is 24.5 Å². The Kier molecular flexibility index (Phi) is 5.00. The van der Waals surface area contributed by atoms with Crippen molar-refractivity contribution in [1.29, 1.82) is 0 Å². The Morgan fingerprint density at radius 3 is 2.60 bits per heavy atom. The van der Waals surface area contributed by atoms with Crippen LogP contribution in [0.15, 0.2) is 30.0 Å². The van der Waals surface area contributed by atoms with E-state index in [-0.39, 0.29) is 24.7 Å². The van der Waals surface area contributed by atoms with E-state index in [9.17, 15) is 14.0 Å². The van der Waals surface area contributed by atoms with Crippen molar-refractivity contribution in [3.8, 4) is 0 Å². The second kappa shape index (κ2) is 7.20. The third-order valence-electron chi connectivity index (χ3n) is 4.41. The maximum absolute atomic E-state index is 14.5. The van der Waals surface area contributed by atoms with Gasteiger partial charge in [0.15, 0.2) is 0 Å². The third kappa shape index (κ3) is 3.49. The molecule has 7 nitrogen and oxygen atoms in total. The third-order valence-corrected chi connectivity index (χ3v) is 4.41. The first-order valence-electron chi connectivity index (χ1n) is 8.18. The molecule has 1 aromatic carbocycles. The predicted molar refractivity (Wildman–Crippen MR) is 91.6 cm³/mol. The number of imide groups is 1. The molecule has 2 amide bonds. The zero-order chi connectivity index (χ0) is 18.0. The molecule has 1 fully saturated rings. The Hall–Kier alpha value is -2.45. The highest BCUT2D eigenvalue weighted by molar-refractivity contribution is 6.17. The van der Waals surface area contributed by atoms with Gasteiger partial charge in [-0.2, -0.15) is 0 Å². The molecule has 2 aliphatic heterocycles. The molecule has 0 radical (unpaired) electrons. The van der Waals surface area contributed by atoms with Gasteiger partial charge in [0.1, 0.15) is 11.5 Å². The Morgan fingerprint density at radius 2 is 1.92 bits per heavy atom. The lowest BCUT2D eigenvalue weighted by Gasteiger charge is -2.35. The molecule has 0 aliphatic carbocycles. The number of carbonyl (C=O) groups is 2. The molecule has 2 heterocycles. The Bertz CT molecular complexity index is 714. The van der Waals surface area contributed by atoms with Crippen LogP contribution in [0.4, 0.5) is 15.8 Å². The molecule has 8 heteroatoms. The van der Waals surface area contributed by atoms with E-state index in [2.05, 4.69) is 10.2 Å². The minimum Gasteiger partial charge on any atom is -0.395 e. The van der Waals surface area contributed by atoms with E-state index in [1.807, 2.05) is 11.9 Å². The number of nitrogens with one attached hydrogen (secondary N) is 1. The number of halogens is 1. The molecule has 25 heavy (non-hydrogen) atoms. The van der Waals surface area contributed by atoms with Crippen LogP contribution in [0, 0.1) is 5.82 Å². The topological polar surface area (TPSA) is 76.1 Å². The van der Waals surface area contributed by atoms with Crippen molar-refractivity contribution in [3.63, 3.8) is 0 Å². The standard InChI is InChI=1S/C17H21FN4O3/c1-20-5-7-21(8-6-20)16-12(18)3-2-4-13(16)19-14-11-15(24)22(9-10-23)17(14)25/h2-4,11,19,23H,5-10H2,1H3. The number of benzene rings is 1. The number of hydrogen-bond acceptors (Lipinski definition) is 6. The number of anilines is 2. The summed E-state index contributed by atoms with van der Waals surface area (Å²) < 4.78 is 14.5. The number of piperazine rings is 1. The fourth-order valence-electron chi connectivity index (χ4n) is 3.02. The first-order chi connectivity index (χ1) is 12.0. The van der Waals surface area contributed by atoms with Crippen LogP contribution in [0.5, 0.6) is 0 Å². The predicted octanol–water partition coefficient (Wildman–Crippen LogP) is 0.234. The molecule has 0 saturated carbocycles. The summed E-state index contributed by atoms with van der Waals surface area (Å²) in [6.45, 7) is 2.62. The Balaban J connectivity index is 1.84. The number of para-hydroxylation sites is 1. The lowest BCUT2D eigenvalue weighted by atomic mass is 10.2. The molecule has 0 unspecified atom stereocenters.